The lowest BCUT2D eigenvalue weighted by Gasteiger charge is -2.31. The molecular weight excluding hydrogens is 434 g/mol. The number of benzene rings is 1. The standard InChI is InChI=1S/C25H29N5O4/c1-3-13-30-21-20(23(32)28-25(30)34)14-17(15-26-21)22(31)27-18-11-9-16(10-12-18)24(33)29(2)19-7-5-4-6-8-19/h9-12,14-15,19H,3-8,13H2,1-2H3,(H,27,31)(H,28,32,34). The summed E-state index contributed by atoms with van der Waals surface area (Å²) in [6.45, 7) is 2.32. The number of carbonyl (C=O) groups is 2. The topological polar surface area (TPSA) is 117 Å². The minimum Gasteiger partial charge on any atom is -0.339 e. The summed E-state index contributed by atoms with van der Waals surface area (Å²) in [5.74, 6) is -0.471. The highest BCUT2D eigenvalue weighted by molar-refractivity contribution is 6.05. The van der Waals surface area contributed by atoms with Crippen LogP contribution in [0.1, 0.15) is 66.2 Å². The van der Waals surface area contributed by atoms with Gasteiger partial charge in [-0.25, -0.2) is 9.78 Å². The number of nitrogens with zero attached hydrogens (tertiary/aromatic N) is 3. The maximum absolute atomic E-state index is 12.8. The van der Waals surface area contributed by atoms with E-state index in [2.05, 4.69) is 15.3 Å². The van der Waals surface area contributed by atoms with Gasteiger partial charge in [-0.3, -0.25) is 23.9 Å². The molecule has 4 rings (SSSR count). The van der Waals surface area contributed by atoms with Crippen LogP contribution >= 0.6 is 0 Å². The van der Waals surface area contributed by atoms with Gasteiger partial charge in [-0.1, -0.05) is 26.2 Å². The Balaban J connectivity index is 1.50. The zero-order valence-electron chi connectivity index (χ0n) is 19.5. The molecule has 1 aliphatic rings. The molecule has 3 aromatic rings. The average Bonchev–Trinajstić information content (AvgIpc) is 2.86. The van der Waals surface area contributed by atoms with Crippen molar-refractivity contribution in [3.63, 3.8) is 0 Å². The summed E-state index contributed by atoms with van der Waals surface area (Å²) in [5, 5.41) is 2.94. The van der Waals surface area contributed by atoms with E-state index in [0.29, 0.717) is 24.2 Å². The van der Waals surface area contributed by atoms with Gasteiger partial charge in [0.1, 0.15) is 5.65 Å². The Kier molecular flexibility index (Phi) is 6.90. The average molecular weight is 464 g/mol. The number of anilines is 1. The van der Waals surface area contributed by atoms with E-state index >= 15 is 0 Å². The first kappa shape index (κ1) is 23.4. The van der Waals surface area contributed by atoms with E-state index < -0.39 is 17.2 Å². The summed E-state index contributed by atoms with van der Waals surface area (Å²) >= 11 is 0. The highest BCUT2D eigenvalue weighted by atomic mass is 16.2. The van der Waals surface area contributed by atoms with Crippen LogP contribution in [-0.4, -0.2) is 44.3 Å². The summed E-state index contributed by atoms with van der Waals surface area (Å²) in [5.41, 5.74) is 0.423. The van der Waals surface area contributed by atoms with Crippen LogP contribution in [0.3, 0.4) is 0 Å². The number of rotatable bonds is 6. The normalized spacial score (nSPS) is 14.2. The maximum Gasteiger partial charge on any atom is 0.329 e. The Hall–Kier alpha value is -3.75. The molecule has 0 aliphatic heterocycles. The Labute approximate surface area is 196 Å². The summed E-state index contributed by atoms with van der Waals surface area (Å²) in [6, 6.07) is 8.46. The number of hydrogen-bond donors (Lipinski definition) is 2. The highest BCUT2D eigenvalue weighted by Crippen LogP contribution is 2.23. The van der Waals surface area contributed by atoms with E-state index in [-0.39, 0.29) is 28.5 Å². The van der Waals surface area contributed by atoms with Crippen molar-refractivity contribution >= 4 is 28.5 Å². The van der Waals surface area contributed by atoms with E-state index in [1.165, 1.54) is 23.3 Å². The molecule has 0 radical (unpaired) electrons. The number of amides is 2. The predicted octanol–water partition coefficient (Wildman–Crippen LogP) is 3.15. The van der Waals surface area contributed by atoms with E-state index in [1.54, 1.807) is 24.3 Å². The van der Waals surface area contributed by atoms with Gasteiger partial charge in [0.15, 0.2) is 0 Å². The van der Waals surface area contributed by atoms with Gasteiger partial charge in [0.25, 0.3) is 17.4 Å². The minimum atomic E-state index is -0.584. The molecule has 178 valence electrons. The van der Waals surface area contributed by atoms with Gasteiger partial charge in [0.2, 0.25) is 0 Å². The van der Waals surface area contributed by atoms with Gasteiger partial charge in [-0.15, -0.1) is 0 Å². The first-order valence-corrected chi connectivity index (χ1v) is 11.7. The number of aromatic amines is 1. The molecule has 0 atom stereocenters. The van der Waals surface area contributed by atoms with Crippen LogP contribution in [0.25, 0.3) is 11.0 Å². The van der Waals surface area contributed by atoms with Gasteiger partial charge in [-0.05, 0) is 49.6 Å². The molecule has 1 aromatic carbocycles. The number of pyridine rings is 1. The molecule has 9 heteroatoms. The zero-order chi connectivity index (χ0) is 24.2. The molecule has 0 saturated heterocycles. The number of H-pyrrole nitrogens is 1. The largest absolute Gasteiger partial charge is 0.339 e. The van der Waals surface area contributed by atoms with Gasteiger partial charge in [0.05, 0.1) is 10.9 Å². The summed E-state index contributed by atoms with van der Waals surface area (Å²) in [4.78, 5) is 58.3. The Morgan fingerprint density at radius 2 is 1.82 bits per heavy atom. The fourth-order valence-electron chi connectivity index (χ4n) is 4.46. The van der Waals surface area contributed by atoms with Gasteiger partial charge in [0, 0.05) is 37.1 Å². The molecule has 0 spiro atoms. The minimum absolute atomic E-state index is 0.0270. The molecule has 34 heavy (non-hydrogen) atoms. The fraction of sp³-hybridized carbons (Fsp3) is 0.400. The summed E-state index contributed by atoms with van der Waals surface area (Å²) < 4.78 is 1.39. The van der Waals surface area contributed by atoms with Crippen molar-refractivity contribution in [2.75, 3.05) is 12.4 Å². The first-order valence-electron chi connectivity index (χ1n) is 11.7. The smallest absolute Gasteiger partial charge is 0.329 e. The number of fused-ring (bicyclic) bond motifs is 1. The lowest BCUT2D eigenvalue weighted by Crippen LogP contribution is -2.38. The van der Waals surface area contributed by atoms with Crippen LogP contribution in [0.4, 0.5) is 5.69 Å². The molecule has 2 amide bonds. The van der Waals surface area contributed by atoms with Gasteiger partial charge in [-0.2, -0.15) is 0 Å². The third kappa shape index (κ3) is 4.78. The third-order valence-corrected chi connectivity index (χ3v) is 6.37. The lowest BCUT2D eigenvalue weighted by atomic mass is 9.94. The van der Waals surface area contributed by atoms with E-state index in [0.717, 1.165) is 25.7 Å². The quantitative estimate of drug-likeness (QED) is 0.582. The number of aryl methyl sites for hydroxylation is 1. The van der Waals surface area contributed by atoms with E-state index in [4.69, 9.17) is 0 Å². The van der Waals surface area contributed by atoms with Gasteiger partial charge >= 0.3 is 5.69 Å². The number of nitrogens with one attached hydrogen (secondary N) is 2. The maximum atomic E-state index is 12.8. The van der Waals surface area contributed by atoms with Gasteiger partial charge < -0.3 is 10.2 Å². The van der Waals surface area contributed by atoms with Crippen LogP contribution in [0.15, 0.2) is 46.1 Å². The fourth-order valence-corrected chi connectivity index (χ4v) is 4.46. The van der Waals surface area contributed by atoms with Crippen molar-refractivity contribution in [2.24, 2.45) is 0 Å². The van der Waals surface area contributed by atoms with E-state index in [1.807, 2.05) is 18.9 Å². The predicted molar refractivity (Wildman–Crippen MR) is 130 cm³/mol. The number of carbonyl (C=O) groups excluding carboxylic acids is 2. The van der Waals surface area contributed by atoms with E-state index in [9.17, 15) is 19.2 Å². The van der Waals surface area contributed by atoms with Crippen LogP contribution in [0.2, 0.25) is 0 Å². The van der Waals surface area contributed by atoms with Crippen molar-refractivity contribution in [2.45, 2.75) is 58.0 Å². The summed E-state index contributed by atoms with van der Waals surface area (Å²) in [6.07, 6.45) is 7.64. The van der Waals surface area contributed by atoms with Crippen molar-refractivity contribution in [1.29, 1.82) is 0 Å². The first-order chi connectivity index (χ1) is 16.4. The number of hydrogen-bond acceptors (Lipinski definition) is 5. The SMILES string of the molecule is CCCn1c(=O)[nH]c(=O)c2cc(C(=O)Nc3ccc(C(=O)N(C)C4CCCCC4)cc3)cnc21. The highest BCUT2D eigenvalue weighted by Gasteiger charge is 2.23. The Morgan fingerprint density at radius 3 is 2.50 bits per heavy atom. The third-order valence-electron chi connectivity index (χ3n) is 6.37. The molecule has 0 bridgehead atoms. The van der Waals surface area contributed by atoms with Crippen molar-refractivity contribution < 1.29 is 9.59 Å². The molecule has 2 N–H and O–H groups in total. The monoisotopic (exact) mass is 463 g/mol. The second kappa shape index (κ2) is 10.0. The molecule has 1 saturated carbocycles. The van der Waals surface area contributed by atoms with Crippen molar-refractivity contribution in [3.05, 3.63) is 68.5 Å². The van der Waals surface area contributed by atoms with Crippen molar-refractivity contribution in [3.8, 4) is 0 Å². The molecule has 9 nitrogen and oxygen atoms in total. The number of aromatic nitrogens is 3. The molecule has 2 aromatic heterocycles. The van der Waals surface area contributed by atoms with Crippen LogP contribution in [0.5, 0.6) is 0 Å². The molecule has 1 fully saturated rings. The zero-order valence-corrected chi connectivity index (χ0v) is 19.5. The molecule has 0 unspecified atom stereocenters. The van der Waals surface area contributed by atoms with Crippen LogP contribution in [-0.2, 0) is 6.54 Å². The Bertz CT molecular complexity index is 1320. The second-order valence-corrected chi connectivity index (χ2v) is 8.75. The second-order valence-electron chi connectivity index (χ2n) is 8.75. The summed E-state index contributed by atoms with van der Waals surface area (Å²) in [7, 11) is 1.85. The Morgan fingerprint density at radius 1 is 1.12 bits per heavy atom. The van der Waals surface area contributed by atoms with Crippen molar-refractivity contribution in [1.82, 2.24) is 19.4 Å². The molecule has 1 aliphatic carbocycles. The lowest BCUT2D eigenvalue weighted by molar-refractivity contribution is 0.0696. The molecule has 2 heterocycles. The van der Waals surface area contributed by atoms with Crippen LogP contribution < -0.4 is 16.6 Å². The van der Waals surface area contributed by atoms with Crippen LogP contribution in [0, 0.1) is 0 Å². The molecular formula is C25H29N5O4.